The van der Waals surface area contributed by atoms with Crippen LogP contribution in [0.2, 0.25) is 5.02 Å². The van der Waals surface area contributed by atoms with E-state index in [4.69, 9.17) is 11.6 Å². The summed E-state index contributed by atoms with van der Waals surface area (Å²) in [5.41, 5.74) is 0.390. The monoisotopic (exact) mass is 317 g/mol. The number of benzene rings is 2. The maximum absolute atomic E-state index is 12.8. The Balaban J connectivity index is 2.18. The molecule has 0 radical (unpaired) electrons. The van der Waals surface area contributed by atoms with Gasteiger partial charge in [-0.05, 0) is 42.8 Å². The summed E-state index contributed by atoms with van der Waals surface area (Å²) in [4.78, 5) is 0. The molecule has 1 atom stereocenters. The molecule has 2 rings (SSSR count). The summed E-state index contributed by atoms with van der Waals surface area (Å²) in [5.74, 6) is -0.349. The minimum atomic E-state index is -4.43. The van der Waals surface area contributed by atoms with Gasteiger partial charge in [-0.15, -0.1) is 0 Å². The van der Waals surface area contributed by atoms with Crippen LogP contribution in [-0.2, 0) is 6.18 Å². The number of rotatable bonds is 3. The molecule has 0 saturated heterocycles. The van der Waals surface area contributed by atoms with E-state index in [2.05, 4.69) is 5.32 Å². The summed E-state index contributed by atoms with van der Waals surface area (Å²) in [5, 5.41) is 2.99. The molecular formula is C15H12ClF4N. The topological polar surface area (TPSA) is 12.0 Å². The lowest BCUT2D eigenvalue weighted by molar-refractivity contribution is -0.137. The molecular weight excluding hydrogens is 306 g/mol. The molecule has 0 amide bonds. The van der Waals surface area contributed by atoms with E-state index in [0.717, 1.165) is 17.7 Å². The molecule has 1 N–H and O–H groups in total. The van der Waals surface area contributed by atoms with Crippen LogP contribution in [0.25, 0.3) is 0 Å². The molecule has 0 heterocycles. The van der Waals surface area contributed by atoms with Crippen molar-refractivity contribution in [3.05, 3.63) is 64.4 Å². The standard InChI is InChI=1S/C15H12ClF4N/c1-9(10-2-5-12(17)6-3-10)21-14-7-4-11(8-13(14)16)15(18,19)20/h2-9,21H,1H3. The maximum atomic E-state index is 12.8. The fraction of sp³-hybridized carbons (Fsp3) is 0.200. The first kappa shape index (κ1) is 15.6. The largest absolute Gasteiger partial charge is 0.416 e. The average Bonchev–Trinajstić information content (AvgIpc) is 2.40. The van der Waals surface area contributed by atoms with Crippen molar-refractivity contribution in [2.24, 2.45) is 0 Å². The molecule has 0 aliphatic rings. The highest BCUT2D eigenvalue weighted by molar-refractivity contribution is 6.33. The highest BCUT2D eigenvalue weighted by Gasteiger charge is 2.30. The molecule has 21 heavy (non-hydrogen) atoms. The normalized spacial score (nSPS) is 13.0. The summed E-state index contributed by atoms with van der Waals surface area (Å²) in [7, 11) is 0. The summed E-state index contributed by atoms with van der Waals surface area (Å²) in [6.07, 6.45) is -4.43. The zero-order chi connectivity index (χ0) is 15.6. The van der Waals surface area contributed by atoms with E-state index < -0.39 is 11.7 Å². The molecule has 2 aromatic rings. The van der Waals surface area contributed by atoms with E-state index in [1.807, 2.05) is 0 Å². The van der Waals surface area contributed by atoms with Gasteiger partial charge in [-0.1, -0.05) is 23.7 Å². The molecule has 6 heteroatoms. The van der Waals surface area contributed by atoms with Crippen molar-refractivity contribution in [3.63, 3.8) is 0 Å². The van der Waals surface area contributed by atoms with Gasteiger partial charge in [0.1, 0.15) is 5.82 Å². The van der Waals surface area contributed by atoms with Gasteiger partial charge >= 0.3 is 6.18 Å². The predicted molar refractivity (Wildman–Crippen MR) is 74.9 cm³/mol. The van der Waals surface area contributed by atoms with Crippen molar-refractivity contribution in [1.29, 1.82) is 0 Å². The Morgan fingerprint density at radius 2 is 1.67 bits per heavy atom. The lowest BCUT2D eigenvalue weighted by Gasteiger charge is -2.17. The molecule has 0 bridgehead atoms. The Hall–Kier alpha value is -1.75. The Bertz CT molecular complexity index is 623. The van der Waals surface area contributed by atoms with Gasteiger partial charge < -0.3 is 5.32 Å². The van der Waals surface area contributed by atoms with Crippen LogP contribution >= 0.6 is 11.6 Å². The third-order valence-electron chi connectivity index (χ3n) is 3.04. The first-order chi connectivity index (χ1) is 9.77. The zero-order valence-electron chi connectivity index (χ0n) is 11.0. The summed E-state index contributed by atoms with van der Waals surface area (Å²) < 4.78 is 50.5. The molecule has 0 aromatic heterocycles. The first-order valence-electron chi connectivity index (χ1n) is 6.16. The van der Waals surface area contributed by atoms with Crippen LogP contribution in [0.1, 0.15) is 24.1 Å². The van der Waals surface area contributed by atoms with Crippen molar-refractivity contribution in [2.45, 2.75) is 19.1 Å². The van der Waals surface area contributed by atoms with Crippen LogP contribution in [-0.4, -0.2) is 0 Å². The Morgan fingerprint density at radius 1 is 1.05 bits per heavy atom. The van der Waals surface area contributed by atoms with Gasteiger partial charge in [-0.3, -0.25) is 0 Å². The first-order valence-corrected chi connectivity index (χ1v) is 6.54. The SMILES string of the molecule is CC(Nc1ccc(C(F)(F)F)cc1Cl)c1ccc(F)cc1. The second-order valence-corrected chi connectivity index (χ2v) is 5.02. The van der Waals surface area contributed by atoms with E-state index in [1.54, 1.807) is 19.1 Å². The van der Waals surface area contributed by atoms with Crippen LogP contribution in [0.15, 0.2) is 42.5 Å². The van der Waals surface area contributed by atoms with E-state index in [-0.39, 0.29) is 16.9 Å². The molecule has 0 spiro atoms. The summed E-state index contributed by atoms with van der Waals surface area (Å²) >= 11 is 5.87. The van der Waals surface area contributed by atoms with Gasteiger partial charge in [0, 0.05) is 6.04 Å². The molecule has 0 aliphatic heterocycles. The molecule has 0 fully saturated rings. The fourth-order valence-corrected chi connectivity index (χ4v) is 2.11. The van der Waals surface area contributed by atoms with Gasteiger partial charge in [0.05, 0.1) is 16.3 Å². The highest BCUT2D eigenvalue weighted by Crippen LogP contribution is 2.34. The van der Waals surface area contributed by atoms with Crippen molar-refractivity contribution in [3.8, 4) is 0 Å². The second-order valence-electron chi connectivity index (χ2n) is 4.61. The third-order valence-corrected chi connectivity index (χ3v) is 3.35. The van der Waals surface area contributed by atoms with Crippen molar-refractivity contribution >= 4 is 17.3 Å². The smallest absolute Gasteiger partial charge is 0.377 e. The third kappa shape index (κ3) is 3.88. The Morgan fingerprint density at radius 3 is 2.19 bits per heavy atom. The lowest BCUT2D eigenvalue weighted by Crippen LogP contribution is -2.09. The number of alkyl halides is 3. The number of hydrogen-bond donors (Lipinski definition) is 1. The highest BCUT2D eigenvalue weighted by atomic mass is 35.5. The van der Waals surface area contributed by atoms with Crippen molar-refractivity contribution < 1.29 is 17.6 Å². The molecule has 0 aliphatic carbocycles. The van der Waals surface area contributed by atoms with E-state index in [0.29, 0.717) is 5.69 Å². The fourth-order valence-electron chi connectivity index (χ4n) is 1.88. The Labute approximate surface area is 124 Å². The molecule has 1 unspecified atom stereocenters. The van der Waals surface area contributed by atoms with E-state index in [9.17, 15) is 17.6 Å². The van der Waals surface area contributed by atoms with Gasteiger partial charge in [0.15, 0.2) is 0 Å². The van der Waals surface area contributed by atoms with Crippen LogP contribution in [0, 0.1) is 5.82 Å². The average molecular weight is 318 g/mol. The molecule has 112 valence electrons. The van der Waals surface area contributed by atoms with Crippen LogP contribution in [0.4, 0.5) is 23.2 Å². The van der Waals surface area contributed by atoms with Gasteiger partial charge in [0.25, 0.3) is 0 Å². The van der Waals surface area contributed by atoms with Gasteiger partial charge in [-0.2, -0.15) is 13.2 Å². The van der Waals surface area contributed by atoms with Crippen molar-refractivity contribution in [2.75, 3.05) is 5.32 Å². The quantitative estimate of drug-likeness (QED) is 0.719. The van der Waals surface area contributed by atoms with Crippen molar-refractivity contribution in [1.82, 2.24) is 0 Å². The lowest BCUT2D eigenvalue weighted by atomic mass is 10.1. The molecule has 2 aromatic carbocycles. The minimum Gasteiger partial charge on any atom is -0.377 e. The number of anilines is 1. The van der Waals surface area contributed by atoms with Crippen LogP contribution in [0.3, 0.4) is 0 Å². The van der Waals surface area contributed by atoms with Crippen LogP contribution < -0.4 is 5.32 Å². The Kier molecular flexibility index (Phi) is 4.42. The maximum Gasteiger partial charge on any atom is 0.416 e. The number of halogens is 5. The van der Waals surface area contributed by atoms with Gasteiger partial charge in [-0.25, -0.2) is 4.39 Å². The zero-order valence-corrected chi connectivity index (χ0v) is 11.8. The van der Waals surface area contributed by atoms with E-state index >= 15 is 0 Å². The minimum absolute atomic E-state index is 0.0150. The number of nitrogens with one attached hydrogen (secondary N) is 1. The molecule has 1 nitrogen and oxygen atoms in total. The predicted octanol–water partition coefficient (Wildman–Crippen LogP) is 5.67. The second kappa shape index (κ2) is 5.93. The molecule has 0 saturated carbocycles. The van der Waals surface area contributed by atoms with Gasteiger partial charge in [0.2, 0.25) is 0 Å². The van der Waals surface area contributed by atoms with Crippen LogP contribution in [0.5, 0.6) is 0 Å². The number of hydrogen-bond acceptors (Lipinski definition) is 1. The summed E-state index contributed by atoms with van der Waals surface area (Å²) in [6, 6.07) is 8.75. The van der Waals surface area contributed by atoms with E-state index in [1.165, 1.54) is 18.2 Å². The summed E-state index contributed by atoms with van der Waals surface area (Å²) in [6.45, 7) is 1.81.